The maximum atomic E-state index is 6.01. The number of nitrogen functional groups attached to an aromatic ring is 2. The molecule has 1 fully saturated rings. The molecule has 0 bridgehead atoms. The van der Waals surface area contributed by atoms with E-state index in [4.69, 9.17) is 11.5 Å². The van der Waals surface area contributed by atoms with Gasteiger partial charge in [0.25, 0.3) is 0 Å². The zero-order chi connectivity index (χ0) is 33.8. The molecule has 1 saturated carbocycles. The molecule has 0 aromatic heterocycles. The van der Waals surface area contributed by atoms with Gasteiger partial charge >= 0.3 is 0 Å². The minimum absolute atomic E-state index is 0.0681. The van der Waals surface area contributed by atoms with E-state index < -0.39 is 0 Å². The molecule has 0 saturated heterocycles. The highest BCUT2D eigenvalue weighted by atomic mass is 14.5. The Morgan fingerprint density at radius 2 is 0.854 bits per heavy atom. The molecule has 0 spiro atoms. The molecular formula is C46H62N2. The zero-order valence-electron chi connectivity index (χ0n) is 30.2. The summed E-state index contributed by atoms with van der Waals surface area (Å²) in [4.78, 5) is 0. The van der Waals surface area contributed by atoms with E-state index in [0.29, 0.717) is 11.8 Å². The third kappa shape index (κ3) is 8.93. The lowest BCUT2D eigenvalue weighted by Gasteiger charge is -2.42. The highest BCUT2D eigenvalue weighted by Crippen LogP contribution is 2.48. The van der Waals surface area contributed by atoms with E-state index in [9.17, 15) is 0 Å². The second kappa shape index (κ2) is 17.8. The molecule has 4 N–H and O–H groups in total. The van der Waals surface area contributed by atoms with Crippen LogP contribution in [0.25, 0.3) is 0 Å². The number of benzene rings is 4. The van der Waals surface area contributed by atoms with E-state index in [1.54, 1.807) is 0 Å². The second-order valence-corrected chi connectivity index (χ2v) is 14.8. The lowest BCUT2D eigenvalue weighted by atomic mass is 9.62. The van der Waals surface area contributed by atoms with Crippen LogP contribution in [0, 0.1) is 5.92 Å². The van der Waals surface area contributed by atoms with Gasteiger partial charge in [0, 0.05) is 28.6 Å². The number of hydrogen-bond acceptors (Lipinski definition) is 2. The van der Waals surface area contributed by atoms with Gasteiger partial charge in [0.05, 0.1) is 0 Å². The van der Waals surface area contributed by atoms with Crippen LogP contribution in [0.15, 0.2) is 97.1 Å². The fraction of sp³-hybridized carbons (Fsp3) is 0.478. The van der Waals surface area contributed by atoms with Crippen LogP contribution < -0.4 is 11.5 Å². The topological polar surface area (TPSA) is 52.0 Å². The summed E-state index contributed by atoms with van der Waals surface area (Å²) in [6.45, 7) is 6.89. The number of rotatable bonds is 17. The summed E-state index contributed by atoms with van der Waals surface area (Å²) in [6, 6.07) is 36.4. The Kier molecular flexibility index (Phi) is 13.2. The Balaban J connectivity index is 1.34. The SMILES string of the molecule is CCCCCCCCCCC1CCC(c2ccc(C(CC)c3ccc(N)cc3)cc2)(c2ccc(C(CC)c3ccc(N)cc3)cc2)CC1. The molecule has 0 amide bonds. The average molecular weight is 643 g/mol. The Labute approximate surface area is 292 Å². The molecule has 256 valence electrons. The van der Waals surface area contributed by atoms with Gasteiger partial charge in [-0.3, -0.25) is 0 Å². The van der Waals surface area contributed by atoms with E-state index in [-0.39, 0.29) is 5.41 Å². The molecule has 1 aliphatic carbocycles. The normalized spacial score (nSPS) is 19.2. The van der Waals surface area contributed by atoms with Gasteiger partial charge in [-0.05, 0) is 102 Å². The molecule has 2 unspecified atom stereocenters. The Morgan fingerprint density at radius 3 is 1.23 bits per heavy atom. The smallest absolute Gasteiger partial charge is 0.0314 e. The summed E-state index contributed by atoms with van der Waals surface area (Å²) >= 11 is 0. The van der Waals surface area contributed by atoms with Gasteiger partial charge in [-0.2, -0.15) is 0 Å². The van der Waals surface area contributed by atoms with Crippen molar-refractivity contribution in [1.82, 2.24) is 0 Å². The van der Waals surface area contributed by atoms with Gasteiger partial charge in [-0.1, -0.05) is 151 Å². The minimum atomic E-state index is 0.0681. The minimum Gasteiger partial charge on any atom is -0.399 e. The summed E-state index contributed by atoms with van der Waals surface area (Å²) < 4.78 is 0. The maximum Gasteiger partial charge on any atom is 0.0314 e. The third-order valence-corrected chi connectivity index (χ3v) is 11.7. The van der Waals surface area contributed by atoms with Gasteiger partial charge < -0.3 is 11.5 Å². The van der Waals surface area contributed by atoms with Crippen molar-refractivity contribution in [2.24, 2.45) is 5.92 Å². The van der Waals surface area contributed by atoms with Gasteiger partial charge in [0.2, 0.25) is 0 Å². The second-order valence-electron chi connectivity index (χ2n) is 14.8. The molecule has 4 aromatic carbocycles. The fourth-order valence-electron chi connectivity index (χ4n) is 8.62. The van der Waals surface area contributed by atoms with Crippen molar-refractivity contribution in [1.29, 1.82) is 0 Å². The molecule has 5 rings (SSSR count). The van der Waals surface area contributed by atoms with Crippen LogP contribution in [0.2, 0.25) is 0 Å². The van der Waals surface area contributed by atoms with Gasteiger partial charge in [0.1, 0.15) is 0 Å². The average Bonchev–Trinajstić information content (AvgIpc) is 3.12. The first-order chi connectivity index (χ1) is 23.5. The molecule has 2 heteroatoms. The lowest BCUT2D eigenvalue weighted by molar-refractivity contribution is 0.250. The summed E-state index contributed by atoms with van der Waals surface area (Å²) in [7, 11) is 0. The van der Waals surface area contributed by atoms with Gasteiger partial charge in [-0.15, -0.1) is 0 Å². The Bertz CT molecular complexity index is 1380. The fourth-order valence-corrected chi connectivity index (χ4v) is 8.62. The number of nitrogens with two attached hydrogens (primary N) is 2. The van der Waals surface area contributed by atoms with E-state index in [1.165, 1.54) is 117 Å². The van der Waals surface area contributed by atoms with Crippen molar-refractivity contribution in [3.8, 4) is 0 Å². The molecule has 0 radical (unpaired) electrons. The predicted molar refractivity (Wildman–Crippen MR) is 209 cm³/mol. The monoisotopic (exact) mass is 642 g/mol. The van der Waals surface area contributed by atoms with Crippen LogP contribution in [0.3, 0.4) is 0 Å². The van der Waals surface area contributed by atoms with E-state index in [2.05, 4.69) is 93.6 Å². The molecular weight excluding hydrogens is 581 g/mol. The molecule has 0 heterocycles. The number of hydrogen-bond donors (Lipinski definition) is 2. The molecule has 0 aliphatic heterocycles. The first-order valence-electron chi connectivity index (χ1n) is 19.4. The summed E-state index contributed by atoms with van der Waals surface area (Å²) in [5, 5.41) is 0. The highest BCUT2D eigenvalue weighted by molar-refractivity contribution is 5.47. The third-order valence-electron chi connectivity index (χ3n) is 11.7. The van der Waals surface area contributed by atoms with Crippen molar-refractivity contribution in [2.75, 3.05) is 11.5 Å². The zero-order valence-corrected chi connectivity index (χ0v) is 30.2. The van der Waals surface area contributed by atoms with Crippen LogP contribution in [0.4, 0.5) is 11.4 Å². The number of anilines is 2. The molecule has 2 nitrogen and oxygen atoms in total. The largest absolute Gasteiger partial charge is 0.399 e. The van der Waals surface area contributed by atoms with Crippen molar-refractivity contribution < 1.29 is 0 Å². The quantitative estimate of drug-likeness (QED) is 0.0889. The first-order valence-corrected chi connectivity index (χ1v) is 19.4. The Morgan fingerprint density at radius 1 is 0.500 bits per heavy atom. The summed E-state index contributed by atoms with van der Waals surface area (Å²) in [6.07, 6.45) is 19.9. The van der Waals surface area contributed by atoms with Crippen LogP contribution in [0.5, 0.6) is 0 Å². The standard InChI is InChI=1S/C46H62N2/c1-4-7-8-9-10-11-12-13-14-35-31-33-46(34-32-35,40-23-15-36(16-24-40)44(5-2)38-19-27-42(47)28-20-38)41-25-17-37(18-26-41)45(6-3)39-21-29-43(48)30-22-39/h15-30,35,44-45H,4-14,31-34,47-48H2,1-3H3. The van der Waals surface area contributed by atoms with Gasteiger partial charge in [0.15, 0.2) is 0 Å². The van der Waals surface area contributed by atoms with Crippen molar-refractivity contribution in [3.63, 3.8) is 0 Å². The van der Waals surface area contributed by atoms with E-state index >= 15 is 0 Å². The molecule has 48 heavy (non-hydrogen) atoms. The molecule has 2 atom stereocenters. The van der Waals surface area contributed by atoms with Crippen molar-refractivity contribution in [2.45, 2.75) is 134 Å². The van der Waals surface area contributed by atoms with Crippen molar-refractivity contribution in [3.05, 3.63) is 130 Å². The van der Waals surface area contributed by atoms with Crippen LogP contribution in [-0.4, -0.2) is 0 Å². The van der Waals surface area contributed by atoms with Gasteiger partial charge in [-0.25, -0.2) is 0 Å². The summed E-state index contributed by atoms with van der Waals surface area (Å²) in [5.74, 6) is 1.63. The van der Waals surface area contributed by atoms with E-state index in [1.807, 2.05) is 24.3 Å². The maximum absolute atomic E-state index is 6.01. The van der Waals surface area contributed by atoms with E-state index in [0.717, 1.165) is 30.1 Å². The highest BCUT2D eigenvalue weighted by Gasteiger charge is 2.38. The number of unbranched alkanes of at least 4 members (excludes halogenated alkanes) is 7. The summed E-state index contributed by atoms with van der Waals surface area (Å²) in [5.41, 5.74) is 22.2. The van der Waals surface area contributed by atoms with Crippen LogP contribution in [0.1, 0.15) is 162 Å². The Hall–Kier alpha value is -3.52. The lowest BCUT2D eigenvalue weighted by Crippen LogP contribution is -2.33. The van der Waals surface area contributed by atoms with Crippen LogP contribution >= 0.6 is 0 Å². The molecule has 1 aliphatic rings. The van der Waals surface area contributed by atoms with Crippen molar-refractivity contribution >= 4 is 11.4 Å². The predicted octanol–water partition coefficient (Wildman–Crippen LogP) is 12.9. The first kappa shape index (κ1) is 35.8. The molecule has 4 aromatic rings. The van der Waals surface area contributed by atoms with Crippen LogP contribution in [-0.2, 0) is 5.41 Å².